The summed E-state index contributed by atoms with van der Waals surface area (Å²) in [5.74, 6) is 0.295. The zero-order valence-corrected chi connectivity index (χ0v) is 13.9. The summed E-state index contributed by atoms with van der Waals surface area (Å²) in [7, 11) is 0. The van der Waals surface area contributed by atoms with Gasteiger partial charge in [0.2, 0.25) is 0 Å². The van der Waals surface area contributed by atoms with Crippen LogP contribution in [0.25, 0.3) is 22.3 Å². The molecule has 1 atom stereocenters. The first-order valence-electron chi connectivity index (χ1n) is 8.76. The summed E-state index contributed by atoms with van der Waals surface area (Å²) in [6.45, 7) is 0. The van der Waals surface area contributed by atoms with Crippen LogP contribution in [-0.4, -0.2) is 0 Å². The molecule has 5 rings (SSSR count). The highest BCUT2D eigenvalue weighted by Gasteiger charge is 2.31. The van der Waals surface area contributed by atoms with Crippen molar-refractivity contribution in [3.05, 3.63) is 120 Å². The molecule has 0 fully saturated rings. The lowest BCUT2D eigenvalue weighted by Gasteiger charge is -2.18. The van der Waals surface area contributed by atoms with Crippen LogP contribution in [0, 0.1) is 0 Å². The summed E-state index contributed by atoms with van der Waals surface area (Å²) in [6.07, 6.45) is 0. The van der Waals surface area contributed by atoms with E-state index in [2.05, 4.69) is 103 Å². The van der Waals surface area contributed by atoms with E-state index in [0.717, 1.165) is 0 Å². The maximum atomic E-state index is 2.28. The van der Waals surface area contributed by atoms with Crippen molar-refractivity contribution < 1.29 is 0 Å². The molecule has 0 heterocycles. The van der Waals surface area contributed by atoms with Gasteiger partial charge in [0.25, 0.3) is 0 Å². The summed E-state index contributed by atoms with van der Waals surface area (Å²) in [6, 6.07) is 37.2. The minimum Gasteiger partial charge on any atom is -0.0622 e. The molecule has 118 valence electrons. The van der Waals surface area contributed by atoms with Crippen molar-refractivity contribution >= 4 is 0 Å². The fraction of sp³-hybridized carbons (Fsp3) is 0.0400. The molecule has 0 saturated heterocycles. The second kappa shape index (κ2) is 5.75. The van der Waals surface area contributed by atoms with E-state index < -0.39 is 0 Å². The molecule has 1 unspecified atom stereocenters. The maximum absolute atomic E-state index is 2.28. The van der Waals surface area contributed by atoms with Crippen LogP contribution in [0.2, 0.25) is 0 Å². The van der Waals surface area contributed by atoms with Crippen LogP contribution in [0.5, 0.6) is 0 Å². The molecule has 0 bridgehead atoms. The highest BCUT2D eigenvalue weighted by Crippen LogP contribution is 2.51. The highest BCUT2D eigenvalue weighted by atomic mass is 14.3. The quantitative estimate of drug-likeness (QED) is 0.348. The molecule has 0 spiro atoms. The zero-order valence-electron chi connectivity index (χ0n) is 13.9. The molecule has 0 aromatic heterocycles. The molecule has 0 amide bonds. The van der Waals surface area contributed by atoms with Crippen LogP contribution >= 0.6 is 0 Å². The first-order chi connectivity index (χ1) is 12.4. The first-order valence-corrected chi connectivity index (χ1v) is 8.76. The minimum atomic E-state index is 0.295. The second-order valence-electron chi connectivity index (χ2n) is 6.56. The van der Waals surface area contributed by atoms with Crippen LogP contribution in [0.1, 0.15) is 22.6 Å². The second-order valence-corrected chi connectivity index (χ2v) is 6.56. The summed E-state index contributed by atoms with van der Waals surface area (Å²) in [4.78, 5) is 0. The Kier molecular flexibility index (Phi) is 3.28. The Labute approximate surface area is 148 Å². The first kappa shape index (κ1) is 14.2. The number of hydrogen-bond donors (Lipinski definition) is 0. The molecule has 4 aromatic carbocycles. The molecule has 0 nitrogen and oxygen atoms in total. The number of rotatable bonds is 2. The lowest BCUT2D eigenvalue weighted by Crippen LogP contribution is -2.01. The third-order valence-electron chi connectivity index (χ3n) is 5.17. The lowest BCUT2D eigenvalue weighted by atomic mass is 9.85. The Morgan fingerprint density at radius 3 is 1.84 bits per heavy atom. The van der Waals surface area contributed by atoms with Gasteiger partial charge in [-0.25, -0.2) is 0 Å². The van der Waals surface area contributed by atoms with Crippen molar-refractivity contribution in [2.45, 2.75) is 5.92 Å². The van der Waals surface area contributed by atoms with E-state index >= 15 is 0 Å². The SMILES string of the molecule is c1ccc(-c2cccc3c2C(c2ccccc2)c2ccccc2-3)cc1. The van der Waals surface area contributed by atoms with Crippen LogP contribution in [0.4, 0.5) is 0 Å². The van der Waals surface area contributed by atoms with Gasteiger partial charge in [-0.1, -0.05) is 103 Å². The fourth-order valence-corrected chi connectivity index (χ4v) is 4.12. The summed E-state index contributed by atoms with van der Waals surface area (Å²) in [5.41, 5.74) is 9.55. The molecule has 25 heavy (non-hydrogen) atoms. The van der Waals surface area contributed by atoms with Crippen molar-refractivity contribution in [1.82, 2.24) is 0 Å². The fourth-order valence-electron chi connectivity index (χ4n) is 4.12. The van der Waals surface area contributed by atoms with Gasteiger partial charge >= 0.3 is 0 Å². The Morgan fingerprint density at radius 1 is 0.440 bits per heavy atom. The van der Waals surface area contributed by atoms with Crippen LogP contribution in [-0.2, 0) is 0 Å². The van der Waals surface area contributed by atoms with Crippen LogP contribution in [0.15, 0.2) is 103 Å². The van der Waals surface area contributed by atoms with Crippen molar-refractivity contribution in [2.24, 2.45) is 0 Å². The zero-order chi connectivity index (χ0) is 16.6. The molecule has 0 radical (unpaired) electrons. The molecule has 0 N–H and O–H groups in total. The van der Waals surface area contributed by atoms with Gasteiger partial charge in [0.05, 0.1) is 0 Å². The molecule has 4 aromatic rings. The van der Waals surface area contributed by atoms with Crippen molar-refractivity contribution in [3.63, 3.8) is 0 Å². The lowest BCUT2D eigenvalue weighted by molar-refractivity contribution is 1.02. The Morgan fingerprint density at radius 2 is 1.04 bits per heavy atom. The summed E-state index contributed by atoms with van der Waals surface area (Å²) >= 11 is 0. The Balaban J connectivity index is 1.83. The van der Waals surface area contributed by atoms with E-state index in [4.69, 9.17) is 0 Å². The molecule has 1 aliphatic carbocycles. The van der Waals surface area contributed by atoms with E-state index in [-0.39, 0.29) is 0 Å². The predicted molar refractivity (Wildman–Crippen MR) is 105 cm³/mol. The van der Waals surface area contributed by atoms with E-state index in [9.17, 15) is 0 Å². The van der Waals surface area contributed by atoms with E-state index in [1.165, 1.54) is 38.9 Å². The minimum absolute atomic E-state index is 0.295. The standard InChI is InChI=1S/C25H18/c1-3-10-18(11-4-1)20-16-9-17-23-21-14-7-8-15-22(21)24(25(20)23)19-12-5-2-6-13-19/h1-17,24H. The average molecular weight is 318 g/mol. The molecule has 0 aliphatic heterocycles. The van der Waals surface area contributed by atoms with Gasteiger partial charge in [-0.15, -0.1) is 0 Å². The van der Waals surface area contributed by atoms with Crippen molar-refractivity contribution in [2.75, 3.05) is 0 Å². The van der Waals surface area contributed by atoms with Gasteiger partial charge in [0, 0.05) is 5.92 Å². The normalized spacial score (nSPS) is 14.8. The van der Waals surface area contributed by atoms with Gasteiger partial charge in [-0.3, -0.25) is 0 Å². The Hall–Kier alpha value is -3.12. The van der Waals surface area contributed by atoms with Crippen molar-refractivity contribution in [3.8, 4) is 22.3 Å². The van der Waals surface area contributed by atoms with Crippen LogP contribution in [0.3, 0.4) is 0 Å². The summed E-state index contributed by atoms with van der Waals surface area (Å²) in [5, 5.41) is 0. The van der Waals surface area contributed by atoms with Crippen molar-refractivity contribution in [1.29, 1.82) is 0 Å². The summed E-state index contributed by atoms with van der Waals surface area (Å²) < 4.78 is 0. The number of hydrogen-bond acceptors (Lipinski definition) is 0. The molecule has 0 heteroatoms. The maximum Gasteiger partial charge on any atom is 0.0358 e. The van der Waals surface area contributed by atoms with Gasteiger partial charge in [0.1, 0.15) is 0 Å². The third-order valence-corrected chi connectivity index (χ3v) is 5.17. The van der Waals surface area contributed by atoms with Crippen LogP contribution < -0.4 is 0 Å². The molecule has 0 saturated carbocycles. The molecular weight excluding hydrogens is 300 g/mol. The monoisotopic (exact) mass is 318 g/mol. The predicted octanol–water partition coefficient (Wildman–Crippen LogP) is 6.51. The number of benzene rings is 4. The van der Waals surface area contributed by atoms with E-state index in [1.807, 2.05) is 0 Å². The van der Waals surface area contributed by atoms with Gasteiger partial charge < -0.3 is 0 Å². The molecular formula is C25H18. The largest absolute Gasteiger partial charge is 0.0622 e. The van der Waals surface area contributed by atoms with E-state index in [1.54, 1.807) is 0 Å². The van der Waals surface area contributed by atoms with E-state index in [0.29, 0.717) is 5.92 Å². The topological polar surface area (TPSA) is 0 Å². The smallest absolute Gasteiger partial charge is 0.0358 e. The van der Waals surface area contributed by atoms with Gasteiger partial charge in [-0.05, 0) is 38.9 Å². The average Bonchev–Trinajstić information content (AvgIpc) is 3.04. The van der Waals surface area contributed by atoms with Gasteiger partial charge in [0.15, 0.2) is 0 Å². The molecule has 1 aliphatic rings. The highest BCUT2D eigenvalue weighted by molar-refractivity contribution is 5.87. The number of fused-ring (bicyclic) bond motifs is 3. The van der Waals surface area contributed by atoms with Gasteiger partial charge in [-0.2, -0.15) is 0 Å². The Bertz CT molecular complexity index is 1030. The third kappa shape index (κ3) is 2.22.